The van der Waals surface area contributed by atoms with Crippen molar-refractivity contribution in [1.29, 1.82) is 0 Å². The number of ether oxygens (including phenoxy) is 1. The molecule has 0 saturated carbocycles. The number of carbonyl (C=O) groups is 1. The molecule has 1 rings (SSSR count). The van der Waals surface area contributed by atoms with Crippen LogP contribution in [0.5, 0.6) is 0 Å². The predicted octanol–water partition coefficient (Wildman–Crippen LogP) is -1.76. The molecular formula is C10H19NO5. The predicted molar refractivity (Wildman–Crippen MR) is 55.7 cm³/mol. The van der Waals surface area contributed by atoms with E-state index in [1.165, 1.54) is 0 Å². The second-order valence-corrected chi connectivity index (χ2v) is 4.30. The van der Waals surface area contributed by atoms with Crippen molar-refractivity contribution >= 4 is 5.91 Å². The zero-order chi connectivity index (χ0) is 12.2. The molecule has 94 valence electrons. The summed E-state index contributed by atoms with van der Waals surface area (Å²) in [6.45, 7) is 0.867. The minimum Gasteiger partial charge on any atom is -0.394 e. The Bertz CT molecular complexity index is 233. The van der Waals surface area contributed by atoms with E-state index < -0.39 is 37.4 Å². The summed E-state index contributed by atoms with van der Waals surface area (Å²) >= 11 is 0. The number of hydrogen-bond acceptors (Lipinski definition) is 5. The SMILES string of the molecule is CC1CCOC1C(=O)NC(CO)(CO)CO. The van der Waals surface area contributed by atoms with Gasteiger partial charge in [0.1, 0.15) is 11.6 Å². The van der Waals surface area contributed by atoms with Gasteiger partial charge in [0.25, 0.3) is 0 Å². The molecule has 6 heteroatoms. The number of aliphatic hydroxyl groups is 3. The van der Waals surface area contributed by atoms with Crippen molar-refractivity contribution < 1.29 is 24.9 Å². The smallest absolute Gasteiger partial charge is 0.250 e. The first kappa shape index (κ1) is 13.4. The van der Waals surface area contributed by atoms with Crippen LogP contribution >= 0.6 is 0 Å². The number of carbonyl (C=O) groups excluding carboxylic acids is 1. The van der Waals surface area contributed by atoms with Gasteiger partial charge in [0, 0.05) is 6.61 Å². The van der Waals surface area contributed by atoms with Gasteiger partial charge in [-0.3, -0.25) is 4.79 Å². The highest BCUT2D eigenvalue weighted by Gasteiger charge is 2.37. The van der Waals surface area contributed by atoms with Crippen molar-refractivity contribution in [2.75, 3.05) is 26.4 Å². The molecule has 16 heavy (non-hydrogen) atoms. The molecule has 1 aliphatic rings. The van der Waals surface area contributed by atoms with Gasteiger partial charge in [0.2, 0.25) is 5.91 Å². The number of nitrogens with one attached hydrogen (secondary N) is 1. The van der Waals surface area contributed by atoms with Crippen LogP contribution in [0.4, 0.5) is 0 Å². The van der Waals surface area contributed by atoms with E-state index in [9.17, 15) is 4.79 Å². The molecule has 0 bridgehead atoms. The quantitative estimate of drug-likeness (QED) is 0.451. The van der Waals surface area contributed by atoms with Crippen molar-refractivity contribution in [1.82, 2.24) is 5.32 Å². The number of amides is 1. The Kier molecular flexibility index (Phi) is 4.67. The molecule has 0 aliphatic carbocycles. The molecule has 2 unspecified atom stereocenters. The molecule has 0 radical (unpaired) electrons. The summed E-state index contributed by atoms with van der Waals surface area (Å²) in [6.07, 6.45) is 0.242. The Hall–Kier alpha value is -0.690. The Balaban J connectivity index is 2.61. The van der Waals surface area contributed by atoms with E-state index in [-0.39, 0.29) is 5.92 Å². The third-order valence-corrected chi connectivity index (χ3v) is 2.94. The van der Waals surface area contributed by atoms with Gasteiger partial charge < -0.3 is 25.4 Å². The fraction of sp³-hybridized carbons (Fsp3) is 0.900. The van der Waals surface area contributed by atoms with E-state index in [0.29, 0.717) is 6.61 Å². The van der Waals surface area contributed by atoms with Gasteiger partial charge in [-0.05, 0) is 12.3 Å². The van der Waals surface area contributed by atoms with Crippen LogP contribution < -0.4 is 5.32 Å². The summed E-state index contributed by atoms with van der Waals surface area (Å²) in [5.41, 5.74) is -1.37. The zero-order valence-electron chi connectivity index (χ0n) is 9.35. The lowest BCUT2D eigenvalue weighted by Gasteiger charge is -2.30. The average molecular weight is 233 g/mol. The number of rotatable bonds is 5. The highest BCUT2D eigenvalue weighted by molar-refractivity contribution is 5.82. The highest BCUT2D eigenvalue weighted by atomic mass is 16.5. The van der Waals surface area contributed by atoms with E-state index in [0.717, 1.165) is 6.42 Å². The van der Waals surface area contributed by atoms with Crippen LogP contribution in [-0.2, 0) is 9.53 Å². The third-order valence-electron chi connectivity index (χ3n) is 2.94. The van der Waals surface area contributed by atoms with Gasteiger partial charge in [-0.2, -0.15) is 0 Å². The van der Waals surface area contributed by atoms with Crippen LogP contribution in [0.1, 0.15) is 13.3 Å². The van der Waals surface area contributed by atoms with Crippen molar-refractivity contribution in [3.8, 4) is 0 Å². The second-order valence-electron chi connectivity index (χ2n) is 4.30. The minimum absolute atomic E-state index is 0.105. The van der Waals surface area contributed by atoms with E-state index in [1.807, 2.05) is 6.92 Å². The van der Waals surface area contributed by atoms with Crippen molar-refractivity contribution in [2.45, 2.75) is 25.0 Å². The van der Waals surface area contributed by atoms with Crippen molar-refractivity contribution in [3.05, 3.63) is 0 Å². The maximum Gasteiger partial charge on any atom is 0.250 e. The molecule has 0 aromatic rings. The van der Waals surface area contributed by atoms with E-state index in [1.54, 1.807) is 0 Å². The van der Waals surface area contributed by atoms with Crippen LogP contribution in [-0.4, -0.2) is 59.3 Å². The van der Waals surface area contributed by atoms with Crippen LogP contribution in [0.15, 0.2) is 0 Å². The highest BCUT2D eigenvalue weighted by Crippen LogP contribution is 2.20. The molecule has 2 atom stereocenters. The molecule has 0 spiro atoms. The van der Waals surface area contributed by atoms with Crippen LogP contribution in [0, 0.1) is 5.92 Å². The maximum atomic E-state index is 11.8. The lowest BCUT2D eigenvalue weighted by molar-refractivity contribution is -0.135. The van der Waals surface area contributed by atoms with Crippen LogP contribution in [0.25, 0.3) is 0 Å². The third kappa shape index (κ3) is 2.70. The maximum absolute atomic E-state index is 11.8. The van der Waals surface area contributed by atoms with Gasteiger partial charge in [-0.1, -0.05) is 6.92 Å². The lowest BCUT2D eigenvalue weighted by Crippen LogP contribution is -2.59. The molecule has 1 aliphatic heterocycles. The minimum atomic E-state index is -1.37. The summed E-state index contributed by atoms with van der Waals surface area (Å²) in [4.78, 5) is 11.8. The molecule has 4 N–H and O–H groups in total. The summed E-state index contributed by atoms with van der Waals surface area (Å²) in [7, 11) is 0. The van der Waals surface area contributed by atoms with Crippen molar-refractivity contribution in [3.63, 3.8) is 0 Å². The first-order chi connectivity index (χ1) is 7.58. The summed E-state index contributed by atoms with van der Waals surface area (Å²) in [5, 5.41) is 29.6. The molecule has 1 amide bonds. The van der Waals surface area contributed by atoms with Gasteiger partial charge in [-0.25, -0.2) is 0 Å². The van der Waals surface area contributed by atoms with Gasteiger partial charge in [-0.15, -0.1) is 0 Å². The Morgan fingerprint density at radius 2 is 1.94 bits per heavy atom. The normalized spacial score (nSPS) is 25.8. The summed E-state index contributed by atoms with van der Waals surface area (Å²) in [5.74, 6) is -0.295. The molecule has 1 fully saturated rings. The Morgan fingerprint density at radius 3 is 2.31 bits per heavy atom. The van der Waals surface area contributed by atoms with E-state index >= 15 is 0 Å². The standard InChI is InChI=1S/C10H19NO5/c1-7-2-3-16-8(7)9(15)11-10(4-12,5-13)6-14/h7-8,12-14H,2-6H2,1H3,(H,11,15). The van der Waals surface area contributed by atoms with Gasteiger partial charge >= 0.3 is 0 Å². The number of aliphatic hydroxyl groups excluding tert-OH is 3. The largest absolute Gasteiger partial charge is 0.394 e. The van der Waals surface area contributed by atoms with Crippen LogP contribution in [0.2, 0.25) is 0 Å². The summed E-state index contributed by atoms with van der Waals surface area (Å²) in [6, 6.07) is 0. The Labute approximate surface area is 94.2 Å². The lowest BCUT2D eigenvalue weighted by atomic mass is 9.99. The molecule has 1 saturated heterocycles. The first-order valence-electron chi connectivity index (χ1n) is 5.35. The number of hydrogen-bond donors (Lipinski definition) is 4. The summed E-state index contributed by atoms with van der Waals surface area (Å²) < 4.78 is 5.25. The molecule has 6 nitrogen and oxygen atoms in total. The average Bonchev–Trinajstić information content (AvgIpc) is 2.72. The first-order valence-corrected chi connectivity index (χ1v) is 5.35. The molecule has 0 aromatic heterocycles. The fourth-order valence-corrected chi connectivity index (χ4v) is 1.63. The molecule has 0 aromatic carbocycles. The van der Waals surface area contributed by atoms with Crippen molar-refractivity contribution in [2.24, 2.45) is 5.92 Å². The van der Waals surface area contributed by atoms with E-state index in [2.05, 4.69) is 5.32 Å². The fourth-order valence-electron chi connectivity index (χ4n) is 1.63. The second kappa shape index (κ2) is 5.58. The van der Waals surface area contributed by atoms with Gasteiger partial charge in [0.05, 0.1) is 19.8 Å². The van der Waals surface area contributed by atoms with E-state index in [4.69, 9.17) is 20.1 Å². The monoisotopic (exact) mass is 233 g/mol. The molecular weight excluding hydrogens is 214 g/mol. The van der Waals surface area contributed by atoms with Crippen LogP contribution in [0.3, 0.4) is 0 Å². The topological polar surface area (TPSA) is 99.0 Å². The Morgan fingerprint density at radius 1 is 1.38 bits per heavy atom. The van der Waals surface area contributed by atoms with Gasteiger partial charge in [0.15, 0.2) is 0 Å². The molecule has 1 heterocycles. The zero-order valence-corrected chi connectivity index (χ0v) is 9.35.